The van der Waals surface area contributed by atoms with Crippen LogP contribution >= 0.6 is 0 Å². The van der Waals surface area contributed by atoms with E-state index in [9.17, 15) is 0 Å². The Bertz CT molecular complexity index is 555. The molecule has 1 aromatic carbocycles. The minimum atomic E-state index is 0.488. The van der Waals surface area contributed by atoms with Crippen LogP contribution in [-0.2, 0) is 6.54 Å². The molecule has 1 unspecified atom stereocenters. The average molecular weight is 257 g/mol. The Kier molecular flexibility index (Phi) is 2.30. The van der Waals surface area contributed by atoms with Crippen LogP contribution in [0.15, 0.2) is 18.7 Å². The molecule has 1 N–H and O–H groups in total. The van der Waals surface area contributed by atoms with Crippen LogP contribution in [0.3, 0.4) is 0 Å². The van der Waals surface area contributed by atoms with Crippen molar-refractivity contribution in [2.24, 2.45) is 0 Å². The Morgan fingerprint density at radius 1 is 1.37 bits per heavy atom. The zero-order valence-corrected chi connectivity index (χ0v) is 11.3. The van der Waals surface area contributed by atoms with Gasteiger partial charge >= 0.3 is 0 Å². The molecule has 3 aliphatic heterocycles. The maximum absolute atomic E-state index is 6.08. The number of nitrogens with zero attached hydrogens (tertiary/aromatic N) is 2. The number of anilines is 1. The molecule has 19 heavy (non-hydrogen) atoms. The Balaban J connectivity index is 1.77. The smallest absolute Gasteiger partial charge is 0.148 e. The summed E-state index contributed by atoms with van der Waals surface area (Å²) in [4.78, 5) is 4.90. The van der Waals surface area contributed by atoms with Gasteiger partial charge in [-0.05, 0) is 13.1 Å². The second kappa shape index (κ2) is 3.90. The monoisotopic (exact) mass is 257 g/mol. The van der Waals surface area contributed by atoms with Gasteiger partial charge in [-0.3, -0.25) is 0 Å². The lowest BCUT2D eigenvalue weighted by Gasteiger charge is -2.45. The first kappa shape index (κ1) is 11.2. The maximum atomic E-state index is 6.08. The van der Waals surface area contributed by atoms with Gasteiger partial charge in [0.2, 0.25) is 0 Å². The summed E-state index contributed by atoms with van der Waals surface area (Å²) in [5.41, 5.74) is 4.77. The van der Waals surface area contributed by atoms with Gasteiger partial charge < -0.3 is 19.9 Å². The van der Waals surface area contributed by atoms with E-state index in [0.29, 0.717) is 6.04 Å². The fourth-order valence-corrected chi connectivity index (χ4v) is 3.40. The summed E-state index contributed by atoms with van der Waals surface area (Å²) >= 11 is 0. The van der Waals surface area contributed by atoms with Crippen molar-refractivity contribution in [3.8, 4) is 5.75 Å². The molecule has 0 amide bonds. The first-order valence-corrected chi connectivity index (χ1v) is 6.91. The summed E-state index contributed by atoms with van der Waals surface area (Å²) in [5, 5.41) is 3.31. The summed E-state index contributed by atoms with van der Waals surface area (Å²) in [6, 6.07) is 4.87. The number of piperazine rings is 1. The molecule has 4 nitrogen and oxygen atoms in total. The van der Waals surface area contributed by atoms with Crippen LogP contribution in [-0.4, -0.2) is 44.2 Å². The number of hydrogen-bond donors (Lipinski definition) is 1. The van der Waals surface area contributed by atoms with Crippen molar-refractivity contribution >= 4 is 11.4 Å². The molecule has 3 heterocycles. The summed E-state index contributed by atoms with van der Waals surface area (Å²) in [5.74, 6) is 1.07. The van der Waals surface area contributed by atoms with Crippen LogP contribution in [0.2, 0.25) is 0 Å². The van der Waals surface area contributed by atoms with Crippen molar-refractivity contribution in [3.05, 3.63) is 29.8 Å². The molecule has 0 spiro atoms. The van der Waals surface area contributed by atoms with E-state index in [0.717, 1.165) is 44.2 Å². The van der Waals surface area contributed by atoms with Crippen molar-refractivity contribution in [1.29, 1.82) is 0 Å². The van der Waals surface area contributed by atoms with E-state index in [1.54, 1.807) is 0 Å². The lowest BCUT2D eigenvalue weighted by Crippen LogP contribution is -2.56. The fraction of sp³-hybridized carbons (Fsp3) is 0.467. The first-order chi connectivity index (χ1) is 9.24. The Morgan fingerprint density at radius 2 is 2.26 bits per heavy atom. The normalized spacial score (nSPS) is 25.2. The van der Waals surface area contributed by atoms with Gasteiger partial charge in [-0.25, -0.2) is 0 Å². The lowest BCUT2D eigenvalue weighted by atomic mass is 10.0. The SMILES string of the molecule is C=C1NCc2c1ccc1c2OCC2CN(C)CCN12. The van der Waals surface area contributed by atoms with Crippen molar-refractivity contribution in [2.45, 2.75) is 12.6 Å². The molecule has 1 atom stereocenters. The van der Waals surface area contributed by atoms with Crippen LogP contribution in [0, 0.1) is 0 Å². The maximum Gasteiger partial charge on any atom is 0.148 e. The quantitative estimate of drug-likeness (QED) is 0.757. The Labute approximate surface area is 113 Å². The third kappa shape index (κ3) is 1.56. The predicted octanol–water partition coefficient (Wildman–Crippen LogP) is 1.27. The number of benzene rings is 1. The Morgan fingerprint density at radius 3 is 3.16 bits per heavy atom. The van der Waals surface area contributed by atoms with Crippen LogP contribution in [0.1, 0.15) is 11.1 Å². The highest BCUT2D eigenvalue weighted by molar-refractivity contribution is 5.77. The largest absolute Gasteiger partial charge is 0.489 e. The molecular weight excluding hydrogens is 238 g/mol. The van der Waals surface area contributed by atoms with Crippen molar-refractivity contribution in [1.82, 2.24) is 10.2 Å². The number of nitrogens with one attached hydrogen (secondary N) is 1. The molecule has 1 saturated heterocycles. The van der Waals surface area contributed by atoms with Gasteiger partial charge in [0.05, 0.1) is 11.7 Å². The molecule has 4 rings (SSSR count). The second-order valence-electron chi connectivity index (χ2n) is 5.69. The predicted molar refractivity (Wildman–Crippen MR) is 76.4 cm³/mol. The van der Waals surface area contributed by atoms with Gasteiger partial charge in [0.1, 0.15) is 12.4 Å². The highest BCUT2D eigenvalue weighted by Gasteiger charge is 2.34. The molecule has 4 heteroatoms. The molecule has 1 aromatic rings. The van der Waals surface area contributed by atoms with E-state index >= 15 is 0 Å². The molecule has 1 fully saturated rings. The highest BCUT2D eigenvalue weighted by Crippen LogP contribution is 2.42. The molecule has 3 aliphatic rings. The summed E-state index contributed by atoms with van der Waals surface area (Å²) in [6.45, 7) is 8.98. The van der Waals surface area contributed by atoms with Crippen molar-refractivity contribution in [2.75, 3.05) is 38.2 Å². The standard InChI is InChI=1S/C15H19N3O/c1-10-12-3-4-14-15(13(12)7-16-10)19-9-11-8-17(2)5-6-18(11)14/h3-4,11,16H,1,5-9H2,2H3. The van der Waals surface area contributed by atoms with Crippen LogP contribution < -0.4 is 15.0 Å². The van der Waals surface area contributed by atoms with Gasteiger partial charge in [-0.1, -0.05) is 12.6 Å². The number of likely N-dealkylation sites (N-methyl/N-ethyl adjacent to an activating group) is 1. The third-order valence-electron chi connectivity index (χ3n) is 4.46. The second-order valence-corrected chi connectivity index (χ2v) is 5.69. The third-order valence-corrected chi connectivity index (χ3v) is 4.46. The fourth-order valence-electron chi connectivity index (χ4n) is 3.40. The zero-order valence-electron chi connectivity index (χ0n) is 11.3. The van der Waals surface area contributed by atoms with Gasteiger partial charge in [0, 0.05) is 43.0 Å². The van der Waals surface area contributed by atoms with Gasteiger partial charge in [0.15, 0.2) is 0 Å². The topological polar surface area (TPSA) is 27.7 Å². The van der Waals surface area contributed by atoms with E-state index in [1.165, 1.54) is 16.8 Å². The number of ether oxygens (including phenoxy) is 1. The van der Waals surface area contributed by atoms with E-state index in [2.05, 4.69) is 40.9 Å². The van der Waals surface area contributed by atoms with E-state index in [-0.39, 0.29) is 0 Å². The zero-order chi connectivity index (χ0) is 13.0. The highest BCUT2D eigenvalue weighted by atomic mass is 16.5. The number of hydrogen-bond acceptors (Lipinski definition) is 4. The van der Waals surface area contributed by atoms with Crippen LogP contribution in [0.4, 0.5) is 5.69 Å². The number of fused-ring (bicyclic) bond motifs is 5. The molecule has 0 saturated carbocycles. The molecule has 0 aromatic heterocycles. The molecule has 0 radical (unpaired) electrons. The van der Waals surface area contributed by atoms with E-state index in [1.807, 2.05) is 0 Å². The van der Waals surface area contributed by atoms with E-state index in [4.69, 9.17) is 4.74 Å². The molecular formula is C15H19N3O. The van der Waals surface area contributed by atoms with Gasteiger partial charge in [0.25, 0.3) is 0 Å². The van der Waals surface area contributed by atoms with Crippen LogP contribution in [0.5, 0.6) is 5.75 Å². The van der Waals surface area contributed by atoms with Gasteiger partial charge in [-0.15, -0.1) is 0 Å². The summed E-state index contributed by atoms with van der Waals surface area (Å²) in [6.07, 6.45) is 0. The molecule has 0 bridgehead atoms. The minimum absolute atomic E-state index is 0.488. The lowest BCUT2D eigenvalue weighted by molar-refractivity contribution is 0.187. The number of rotatable bonds is 0. The van der Waals surface area contributed by atoms with Crippen LogP contribution in [0.25, 0.3) is 5.70 Å². The first-order valence-electron chi connectivity index (χ1n) is 6.91. The van der Waals surface area contributed by atoms with Gasteiger partial charge in [-0.2, -0.15) is 0 Å². The average Bonchev–Trinajstić information content (AvgIpc) is 2.80. The summed E-state index contributed by atoms with van der Waals surface area (Å²) < 4.78 is 6.08. The Hall–Kier alpha value is -1.68. The summed E-state index contributed by atoms with van der Waals surface area (Å²) in [7, 11) is 2.18. The van der Waals surface area contributed by atoms with Crippen molar-refractivity contribution < 1.29 is 4.74 Å². The molecule has 100 valence electrons. The van der Waals surface area contributed by atoms with Crippen molar-refractivity contribution in [3.63, 3.8) is 0 Å². The minimum Gasteiger partial charge on any atom is -0.489 e. The van der Waals surface area contributed by atoms with E-state index < -0.39 is 0 Å². The molecule has 0 aliphatic carbocycles.